The molecule has 3 aliphatic heterocycles. The number of carbonyl (C=O) groups excluding carboxylic acids is 1. The first kappa shape index (κ1) is 17.3. The predicted octanol–water partition coefficient (Wildman–Crippen LogP) is 2.67. The minimum absolute atomic E-state index is 0.0283. The molecular weight excluding hydrogens is 326 g/mol. The fraction of sp³-hybridized carbons (Fsp3) is 0.409. The summed E-state index contributed by atoms with van der Waals surface area (Å²) in [5.74, 6) is -0.387. The smallest absolute Gasteiger partial charge is 0.310 e. The molecule has 3 saturated heterocycles. The summed E-state index contributed by atoms with van der Waals surface area (Å²) in [6.07, 6.45) is 0.292. The molecule has 26 heavy (non-hydrogen) atoms. The summed E-state index contributed by atoms with van der Waals surface area (Å²) in [5, 5.41) is 11.2. The zero-order valence-corrected chi connectivity index (χ0v) is 15.0. The first-order valence-electron chi connectivity index (χ1n) is 9.30. The molecular formula is C22H25NO3. The Morgan fingerprint density at radius 3 is 2.15 bits per heavy atom. The summed E-state index contributed by atoms with van der Waals surface area (Å²) in [6, 6.07) is 20.7. The van der Waals surface area contributed by atoms with Gasteiger partial charge in [-0.25, -0.2) is 0 Å². The van der Waals surface area contributed by atoms with E-state index in [1.165, 1.54) is 18.2 Å². The molecule has 136 valence electrons. The van der Waals surface area contributed by atoms with Crippen LogP contribution in [0.4, 0.5) is 0 Å². The third-order valence-corrected chi connectivity index (χ3v) is 6.07. The highest BCUT2D eigenvalue weighted by Gasteiger charge is 2.52. The summed E-state index contributed by atoms with van der Waals surface area (Å²) in [6.45, 7) is 1.57. The molecule has 5 rings (SSSR count). The zero-order chi connectivity index (χ0) is 18.1. The van der Waals surface area contributed by atoms with Gasteiger partial charge in [0.05, 0.1) is 19.1 Å². The number of piperidine rings is 3. The molecule has 0 spiro atoms. The van der Waals surface area contributed by atoms with Gasteiger partial charge in [-0.1, -0.05) is 60.7 Å². The topological polar surface area (TPSA) is 49.8 Å². The summed E-state index contributed by atoms with van der Waals surface area (Å²) in [5.41, 5.74) is 2.40. The normalized spacial score (nSPS) is 30.3. The maximum Gasteiger partial charge on any atom is 0.310 e. The van der Waals surface area contributed by atoms with E-state index in [9.17, 15) is 9.90 Å². The van der Waals surface area contributed by atoms with Gasteiger partial charge in [-0.05, 0) is 24.1 Å². The molecule has 2 aromatic rings. The summed E-state index contributed by atoms with van der Waals surface area (Å²) in [4.78, 5) is 14.4. The van der Waals surface area contributed by atoms with Crippen molar-refractivity contribution in [3.63, 3.8) is 0 Å². The van der Waals surface area contributed by atoms with Crippen molar-refractivity contribution in [3.8, 4) is 0 Å². The van der Waals surface area contributed by atoms with Gasteiger partial charge in [0.1, 0.15) is 0 Å². The lowest BCUT2D eigenvalue weighted by Crippen LogP contribution is -2.64. The van der Waals surface area contributed by atoms with Crippen LogP contribution in [0.3, 0.4) is 0 Å². The SMILES string of the molecule is COC(=O)[C@@H]1CN2CC[C@H]1[C@H](O)[C@H]2C(c1ccccc1)c1ccccc1. The average molecular weight is 351 g/mol. The van der Waals surface area contributed by atoms with E-state index in [4.69, 9.17) is 4.74 Å². The number of rotatable bonds is 4. The van der Waals surface area contributed by atoms with Crippen LogP contribution in [-0.4, -0.2) is 48.3 Å². The molecule has 3 heterocycles. The van der Waals surface area contributed by atoms with E-state index in [2.05, 4.69) is 29.2 Å². The Kier molecular flexibility index (Phi) is 4.79. The Bertz CT molecular complexity index is 707. The largest absolute Gasteiger partial charge is 0.469 e. The van der Waals surface area contributed by atoms with E-state index in [-0.39, 0.29) is 29.8 Å². The lowest BCUT2D eigenvalue weighted by Gasteiger charge is -2.54. The number of ether oxygens (including phenoxy) is 1. The Labute approximate surface area is 154 Å². The van der Waals surface area contributed by atoms with Crippen LogP contribution in [0.5, 0.6) is 0 Å². The standard InChI is InChI=1S/C22H25NO3/c1-26-22(25)18-14-23-13-12-17(18)21(24)20(23)19(15-8-4-2-5-9-15)16-10-6-3-7-11-16/h2-11,17-21,24H,12-14H2,1H3/t17-,18-,20-,21+/m1/s1. The molecule has 4 nitrogen and oxygen atoms in total. The molecule has 3 fully saturated rings. The van der Waals surface area contributed by atoms with E-state index in [0.29, 0.717) is 6.54 Å². The predicted molar refractivity (Wildman–Crippen MR) is 99.7 cm³/mol. The van der Waals surface area contributed by atoms with Gasteiger partial charge in [0.25, 0.3) is 0 Å². The molecule has 0 aliphatic carbocycles. The number of benzene rings is 2. The van der Waals surface area contributed by atoms with Gasteiger partial charge in [-0.2, -0.15) is 0 Å². The van der Waals surface area contributed by atoms with Gasteiger partial charge in [0, 0.05) is 24.4 Å². The van der Waals surface area contributed by atoms with Crippen LogP contribution in [0.1, 0.15) is 23.5 Å². The molecule has 4 heteroatoms. The molecule has 0 radical (unpaired) electrons. The average Bonchev–Trinajstić information content (AvgIpc) is 2.71. The third-order valence-electron chi connectivity index (χ3n) is 6.07. The second-order valence-corrected chi connectivity index (χ2v) is 7.36. The molecule has 0 aromatic heterocycles. The highest BCUT2D eigenvalue weighted by molar-refractivity contribution is 5.73. The second-order valence-electron chi connectivity index (χ2n) is 7.36. The van der Waals surface area contributed by atoms with Gasteiger partial charge >= 0.3 is 5.97 Å². The number of aliphatic hydroxyl groups is 1. The van der Waals surface area contributed by atoms with Crippen molar-refractivity contribution in [2.45, 2.75) is 24.5 Å². The Hall–Kier alpha value is -2.17. The summed E-state index contributed by atoms with van der Waals surface area (Å²) in [7, 11) is 1.43. The van der Waals surface area contributed by atoms with Crippen LogP contribution < -0.4 is 0 Å². The molecule has 1 N–H and O–H groups in total. The number of aliphatic hydroxyl groups excluding tert-OH is 1. The minimum atomic E-state index is -0.549. The van der Waals surface area contributed by atoms with Crippen molar-refractivity contribution < 1.29 is 14.6 Å². The van der Waals surface area contributed by atoms with Crippen molar-refractivity contribution in [1.82, 2.24) is 4.90 Å². The van der Waals surface area contributed by atoms with Crippen LogP contribution in [0.2, 0.25) is 0 Å². The van der Waals surface area contributed by atoms with Crippen molar-refractivity contribution >= 4 is 5.97 Å². The fourth-order valence-corrected chi connectivity index (χ4v) is 4.86. The van der Waals surface area contributed by atoms with E-state index in [1.54, 1.807) is 0 Å². The van der Waals surface area contributed by atoms with Gasteiger partial charge in [-0.3, -0.25) is 9.69 Å². The fourth-order valence-electron chi connectivity index (χ4n) is 4.86. The maximum absolute atomic E-state index is 12.2. The molecule has 0 amide bonds. The zero-order valence-electron chi connectivity index (χ0n) is 15.0. The van der Waals surface area contributed by atoms with Crippen LogP contribution in [-0.2, 0) is 9.53 Å². The van der Waals surface area contributed by atoms with Crippen LogP contribution in [0.25, 0.3) is 0 Å². The quantitative estimate of drug-likeness (QED) is 0.861. The Balaban J connectivity index is 1.72. The Morgan fingerprint density at radius 2 is 1.65 bits per heavy atom. The third kappa shape index (κ3) is 2.93. The number of hydrogen-bond donors (Lipinski definition) is 1. The summed E-state index contributed by atoms with van der Waals surface area (Å²) < 4.78 is 4.98. The molecule has 0 saturated carbocycles. The first-order valence-corrected chi connectivity index (χ1v) is 9.30. The van der Waals surface area contributed by atoms with Gasteiger partial charge in [0.2, 0.25) is 0 Å². The van der Waals surface area contributed by atoms with Crippen molar-refractivity contribution in [3.05, 3.63) is 71.8 Å². The molecule has 3 aliphatic rings. The van der Waals surface area contributed by atoms with E-state index >= 15 is 0 Å². The van der Waals surface area contributed by atoms with Crippen molar-refractivity contribution in [2.75, 3.05) is 20.2 Å². The lowest BCUT2D eigenvalue weighted by molar-refractivity contribution is -0.165. The van der Waals surface area contributed by atoms with E-state index in [1.807, 2.05) is 36.4 Å². The number of methoxy groups -OCH3 is 1. The Morgan fingerprint density at radius 1 is 1.08 bits per heavy atom. The second kappa shape index (κ2) is 7.22. The highest BCUT2D eigenvalue weighted by atomic mass is 16.5. The van der Waals surface area contributed by atoms with E-state index in [0.717, 1.165) is 13.0 Å². The number of carbonyl (C=O) groups is 1. The highest BCUT2D eigenvalue weighted by Crippen LogP contribution is 2.44. The molecule has 1 unspecified atom stereocenters. The van der Waals surface area contributed by atoms with E-state index < -0.39 is 6.10 Å². The van der Waals surface area contributed by atoms with Crippen molar-refractivity contribution in [1.29, 1.82) is 0 Å². The number of esters is 1. The summed E-state index contributed by atoms with van der Waals surface area (Å²) >= 11 is 0. The van der Waals surface area contributed by atoms with Crippen molar-refractivity contribution in [2.24, 2.45) is 11.8 Å². The van der Waals surface area contributed by atoms with Crippen LogP contribution >= 0.6 is 0 Å². The van der Waals surface area contributed by atoms with Gasteiger partial charge in [0.15, 0.2) is 0 Å². The molecule has 5 atom stereocenters. The molecule has 2 aromatic carbocycles. The molecule has 2 bridgehead atoms. The van der Waals surface area contributed by atoms with Crippen LogP contribution in [0.15, 0.2) is 60.7 Å². The first-order chi connectivity index (χ1) is 12.7. The number of fused-ring (bicyclic) bond motifs is 3. The monoisotopic (exact) mass is 351 g/mol. The number of hydrogen-bond acceptors (Lipinski definition) is 4. The number of nitrogens with zero attached hydrogens (tertiary/aromatic N) is 1. The van der Waals surface area contributed by atoms with Crippen LogP contribution in [0, 0.1) is 11.8 Å². The lowest BCUT2D eigenvalue weighted by atomic mass is 9.68. The van der Waals surface area contributed by atoms with Gasteiger partial charge in [-0.15, -0.1) is 0 Å². The minimum Gasteiger partial charge on any atom is -0.469 e. The van der Waals surface area contributed by atoms with Gasteiger partial charge < -0.3 is 9.84 Å². The maximum atomic E-state index is 12.2.